The SMILES string of the molecule is COc1ccc(OC)c(/C=N\NC(=O)CN(Cc2ccco2)S(=O)(=O)c2ccccc2)c1. The molecule has 0 radical (unpaired) electrons. The lowest BCUT2D eigenvalue weighted by atomic mass is 10.2. The second-order valence-electron chi connectivity index (χ2n) is 6.57. The van der Waals surface area contributed by atoms with Crippen molar-refractivity contribution in [2.75, 3.05) is 20.8 Å². The molecule has 0 fully saturated rings. The van der Waals surface area contributed by atoms with E-state index in [2.05, 4.69) is 10.5 Å². The Morgan fingerprint density at radius 1 is 1.09 bits per heavy atom. The van der Waals surface area contributed by atoms with Gasteiger partial charge in [-0.1, -0.05) is 18.2 Å². The Bertz CT molecular complexity index is 1160. The van der Waals surface area contributed by atoms with Gasteiger partial charge in [-0.2, -0.15) is 9.41 Å². The first kappa shape index (κ1) is 23.0. The fraction of sp³-hybridized carbons (Fsp3) is 0.182. The highest BCUT2D eigenvalue weighted by Crippen LogP contribution is 2.22. The molecule has 0 unspecified atom stereocenters. The Morgan fingerprint density at radius 2 is 1.88 bits per heavy atom. The van der Waals surface area contributed by atoms with E-state index in [0.717, 1.165) is 4.31 Å². The van der Waals surface area contributed by atoms with Crippen LogP contribution in [0.3, 0.4) is 0 Å². The summed E-state index contributed by atoms with van der Waals surface area (Å²) >= 11 is 0. The van der Waals surface area contributed by atoms with Gasteiger partial charge in [0.25, 0.3) is 5.91 Å². The lowest BCUT2D eigenvalue weighted by molar-refractivity contribution is -0.121. The lowest BCUT2D eigenvalue weighted by Gasteiger charge is -2.20. The van der Waals surface area contributed by atoms with Crippen molar-refractivity contribution in [3.05, 3.63) is 78.3 Å². The van der Waals surface area contributed by atoms with Gasteiger partial charge in [-0.3, -0.25) is 4.79 Å². The third kappa shape index (κ3) is 5.74. The van der Waals surface area contributed by atoms with Crippen LogP contribution in [0.15, 0.2) is 81.3 Å². The maximum absolute atomic E-state index is 13.1. The molecular formula is C22H23N3O6S. The summed E-state index contributed by atoms with van der Waals surface area (Å²) in [5.74, 6) is 0.920. The molecule has 0 aliphatic heterocycles. The third-order valence-electron chi connectivity index (χ3n) is 4.44. The van der Waals surface area contributed by atoms with Gasteiger partial charge in [-0.05, 0) is 42.5 Å². The van der Waals surface area contributed by atoms with Gasteiger partial charge in [0.1, 0.15) is 17.3 Å². The van der Waals surface area contributed by atoms with Crippen molar-refractivity contribution in [3.63, 3.8) is 0 Å². The number of nitrogens with zero attached hydrogens (tertiary/aromatic N) is 2. The van der Waals surface area contributed by atoms with Crippen LogP contribution in [-0.2, 0) is 21.4 Å². The summed E-state index contributed by atoms with van der Waals surface area (Å²) in [6.45, 7) is -0.560. The monoisotopic (exact) mass is 457 g/mol. The van der Waals surface area contributed by atoms with Crippen molar-refractivity contribution in [2.45, 2.75) is 11.4 Å². The first-order chi connectivity index (χ1) is 15.4. The molecule has 0 saturated heterocycles. The average molecular weight is 458 g/mol. The number of carbonyl (C=O) groups excluding carboxylic acids is 1. The Kier molecular flexibility index (Phi) is 7.63. The number of sulfonamides is 1. The van der Waals surface area contributed by atoms with E-state index in [-0.39, 0.29) is 11.4 Å². The number of amides is 1. The van der Waals surface area contributed by atoms with E-state index in [1.165, 1.54) is 38.8 Å². The van der Waals surface area contributed by atoms with Crippen LogP contribution in [0.1, 0.15) is 11.3 Å². The van der Waals surface area contributed by atoms with Crippen molar-refractivity contribution >= 4 is 22.1 Å². The van der Waals surface area contributed by atoms with E-state index < -0.39 is 22.5 Å². The van der Waals surface area contributed by atoms with Crippen molar-refractivity contribution < 1.29 is 27.1 Å². The molecule has 0 spiro atoms. The molecule has 2 aromatic carbocycles. The number of carbonyl (C=O) groups is 1. The lowest BCUT2D eigenvalue weighted by Crippen LogP contribution is -2.39. The van der Waals surface area contributed by atoms with Crippen LogP contribution < -0.4 is 14.9 Å². The number of hydrazone groups is 1. The zero-order valence-electron chi connectivity index (χ0n) is 17.6. The van der Waals surface area contributed by atoms with Crippen molar-refractivity contribution in [1.82, 2.24) is 9.73 Å². The molecule has 3 rings (SSSR count). The second-order valence-corrected chi connectivity index (χ2v) is 8.50. The van der Waals surface area contributed by atoms with Crippen LogP contribution >= 0.6 is 0 Å². The van der Waals surface area contributed by atoms with Crippen molar-refractivity contribution in [3.8, 4) is 11.5 Å². The normalized spacial score (nSPS) is 11.6. The highest BCUT2D eigenvalue weighted by atomic mass is 32.2. The fourth-order valence-electron chi connectivity index (χ4n) is 2.85. The van der Waals surface area contributed by atoms with Crippen LogP contribution in [-0.4, -0.2) is 45.6 Å². The topological polar surface area (TPSA) is 110 Å². The standard InChI is InChI=1S/C22H23N3O6S/c1-29-18-10-11-21(30-2)17(13-18)14-23-24-22(26)16-25(15-19-7-6-12-31-19)32(27,28)20-8-4-3-5-9-20/h3-14H,15-16H2,1-2H3,(H,24,26)/b23-14-. The number of ether oxygens (including phenoxy) is 2. The molecule has 32 heavy (non-hydrogen) atoms. The number of hydrogen-bond acceptors (Lipinski definition) is 7. The Morgan fingerprint density at radius 3 is 2.53 bits per heavy atom. The quantitative estimate of drug-likeness (QED) is 0.370. The molecule has 3 aromatic rings. The summed E-state index contributed by atoms with van der Waals surface area (Å²) in [6, 6.07) is 16.3. The smallest absolute Gasteiger partial charge is 0.255 e. The number of methoxy groups -OCH3 is 2. The van der Waals surface area contributed by atoms with E-state index in [1.807, 2.05) is 0 Å². The number of nitrogens with one attached hydrogen (secondary N) is 1. The predicted octanol–water partition coefficient (Wildman–Crippen LogP) is 2.64. The van der Waals surface area contributed by atoms with Gasteiger partial charge in [0.2, 0.25) is 10.0 Å². The average Bonchev–Trinajstić information content (AvgIpc) is 3.32. The minimum Gasteiger partial charge on any atom is -0.497 e. The molecule has 1 aromatic heterocycles. The highest BCUT2D eigenvalue weighted by Gasteiger charge is 2.27. The summed E-state index contributed by atoms with van der Waals surface area (Å²) < 4.78 is 42.9. The van der Waals surface area contributed by atoms with Gasteiger partial charge in [0, 0.05) is 5.56 Å². The Balaban J connectivity index is 1.75. The van der Waals surface area contributed by atoms with E-state index in [9.17, 15) is 13.2 Å². The zero-order valence-corrected chi connectivity index (χ0v) is 18.4. The maximum atomic E-state index is 13.1. The predicted molar refractivity (Wildman–Crippen MR) is 118 cm³/mol. The summed E-state index contributed by atoms with van der Waals surface area (Å²) in [4.78, 5) is 12.6. The molecule has 1 amide bonds. The summed E-state index contributed by atoms with van der Waals surface area (Å²) in [7, 11) is -0.899. The van der Waals surface area contributed by atoms with Crippen LogP contribution in [0.2, 0.25) is 0 Å². The van der Waals surface area contributed by atoms with E-state index in [1.54, 1.807) is 48.5 Å². The minimum atomic E-state index is -3.94. The van der Waals surface area contributed by atoms with Crippen molar-refractivity contribution in [1.29, 1.82) is 0 Å². The van der Waals surface area contributed by atoms with Crippen LogP contribution in [0, 0.1) is 0 Å². The van der Waals surface area contributed by atoms with Gasteiger partial charge in [-0.25, -0.2) is 13.8 Å². The fourth-order valence-corrected chi connectivity index (χ4v) is 4.24. The molecule has 168 valence electrons. The van der Waals surface area contributed by atoms with Crippen LogP contribution in [0.25, 0.3) is 0 Å². The van der Waals surface area contributed by atoms with Gasteiger partial charge < -0.3 is 13.9 Å². The Hall–Kier alpha value is -3.63. The molecule has 0 bridgehead atoms. The third-order valence-corrected chi connectivity index (χ3v) is 6.25. The van der Waals surface area contributed by atoms with Gasteiger partial charge in [0.05, 0.1) is 44.7 Å². The first-order valence-corrected chi connectivity index (χ1v) is 11.0. The second kappa shape index (κ2) is 10.6. The number of furan rings is 1. The molecule has 0 aliphatic rings. The van der Waals surface area contributed by atoms with Gasteiger partial charge in [0.15, 0.2) is 0 Å². The molecule has 10 heteroatoms. The minimum absolute atomic E-state index is 0.0731. The number of hydrogen-bond donors (Lipinski definition) is 1. The molecule has 0 saturated carbocycles. The molecule has 1 heterocycles. The molecule has 0 aliphatic carbocycles. The van der Waals surface area contributed by atoms with Crippen LogP contribution in [0.4, 0.5) is 0 Å². The number of rotatable bonds is 10. The van der Waals surface area contributed by atoms with E-state index >= 15 is 0 Å². The molecule has 9 nitrogen and oxygen atoms in total. The molecule has 1 N–H and O–H groups in total. The largest absolute Gasteiger partial charge is 0.497 e. The highest BCUT2D eigenvalue weighted by molar-refractivity contribution is 7.89. The summed E-state index contributed by atoms with van der Waals surface area (Å²) in [5, 5.41) is 3.93. The summed E-state index contributed by atoms with van der Waals surface area (Å²) in [6.07, 6.45) is 2.83. The maximum Gasteiger partial charge on any atom is 0.255 e. The first-order valence-electron chi connectivity index (χ1n) is 9.55. The zero-order chi connectivity index (χ0) is 23.0. The van der Waals surface area contributed by atoms with Gasteiger partial charge in [-0.15, -0.1) is 0 Å². The Labute approximate surface area is 186 Å². The molecular weight excluding hydrogens is 434 g/mol. The van der Waals surface area contributed by atoms with E-state index in [0.29, 0.717) is 22.8 Å². The number of benzene rings is 2. The summed E-state index contributed by atoms with van der Waals surface area (Å²) in [5.41, 5.74) is 2.93. The van der Waals surface area contributed by atoms with E-state index in [4.69, 9.17) is 13.9 Å². The van der Waals surface area contributed by atoms with Crippen LogP contribution in [0.5, 0.6) is 11.5 Å². The van der Waals surface area contributed by atoms with Gasteiger partial charge >= 0.3 is 0 Å². The molecule has 0 atom stereocenters. The van der Waals surface area contributed by atoms with Crippen molar-refractivity contribution in [2.24, 2.45) is 5.10 Å².